The molecule has 0 aliphatic heterocycles. The van der Waals surface area contributed by atoms with Gasteiger partial charge in [-0.1, -0.05) is 102 Å². The topological polar surface area (TPSA) is 0 Å². The van der Waals surface area contributed by atoms with E-state index in [1.807, 2.05) is 0 Å². The Morgan fingerprint density at radius 3 is 1.84 bits per heavy atom. The van der Waals surface area contributed by atoms with Crippen LogP contribution in [-0.2, 0) is 0 Å². The third kappa shape index (κ3) is 9.34. The Bertz CT molecular complexity index is 824. The number of rotatable bonds is 10. The van der Waals surface area contributed by atoms with E-state index in [2.05, 4.69) is 62.1 Å². The second-order valence-electron chi connectivity index (χ2n) is 13.1. The Morgan fingerprint density at radius 1 is 0.649 bits per heavy atom. The Labute approximate surface area is 230 Å². The largest absolute Gasteiger partial charge is 0.0730 e. The first kappa shape index (κ1) is 28.5. The van der Waals surface area contributed by atoms with E-state index in [1.54, 1.807) is 5.56 Å². The van der Waals surface area contributed by atoms with Crippen molar-refractivity contribution in [3.8, 4) is 11.8 Å². The molecule has 1 aromatic rings. The number of unbranched alkanes of at least 4 members (excludes halogenated alkanes) is 3. The average molecular weight is 501 g/mol. The predicted molar refractivity (Wildman–Crippen MR) is 162 cm³/mol. The molecule has 0 bridgehead atoms. The summed E-state index contributed by atoms with van der Waals surface area (Å²) in [5.41, 5.74) is 2.71. The lowest BCUT2D eigenvalue weighted by Crippen LogP contribution is -2.25. The Hall–Kier alpha value is -1.48. The number of hydrogen-bond acceptors (Lipinski definition) is 0. The second kappa shape index (κ2) is 15.8. The van der Waals surface area contributed by atoms with E-state index in [0.29, 0.717) is 0 Å². The van der Waals surface area contributed by atoms with Crippen molar-refractivity contribution in [3.05, 3.63) is 47.5 Å². The number of benzene rings is 1. The highest BCUT2D eigenvalue weighted by Crippen LogP contribution is 2.42. The van der Waals surface area contributed by atoms with Crippen molar-refractivity contribution in [1.29, 1.82) is 0 Å². The smallest absolute Gasteiger partial charge is 0.0249 e. The van der Waals surface area contributed by atoms with Crippen molar-refractivity contribution in [3.63, 3.8) is 0 Å². The first-order valence-corrected chi connectivity index (χ1v) is 16.5. The summed E-state index contributed by atoms with van der Waals surface area (Å²) in [4.78, 5) is 0. The standard InChI is InChI=1S/C37H56/c1-3-5-7-11-31-16-24-35(25-17-31)37-28-20-33(21-29-37)13-9-8-12-32-18-26-36(27-19-32)34-22-14-30(15-23-34)10-6-4-2/h8,12,20-21,28-32,34-36H,3-7,10-11,14-19,22-27H2,1-2H3/t30-,31-,32-,34-,35-,36-. The molecule has 4 rings (SSSR count). The third-order valence-electron chi connectivity index (χ3n) is 10.5. The maximum Gasteiger partial charge on any atom is 0.0249 e. The maximum absolute atomic E-state index is 3.39. The van der Waals surface area contributed by atoms with Crippen molar-refractivity contribution < 1.29 is 0 Å². The zero-order valence-corrected chi connectivity index (χ0v) is 24.4. The van der Waals surface area contributed by atoms with E-state index in [4.69, 9.17) is 0 Å². The molecule has 204 valence electrons. The number of allylic oxidation sites excluding steroid dienone is 2. The molecule has 0 N–H and O–H groups in total. The van der Waals surface area contributed by atoms with Gasteiger partial charge in [0.05, 0.1) is 0 Å². The summed E-state index contributed by atoms with van der Waals surface area (Å²) in [5.74, 6) is 12.3. The van der Waals surface area contributed by atoms with Crippen molar-refractivity contribution >= 4 is 0 Å². The van der Waals surface area contributed by atoms with Crippen molar-refractivity contribution in [1.82, 2.24) is 0 Å². The van der Waals surface area contributed by atoms with E-state index in [-0.39, 0.29) is 0 Å². The normalized spacial score (nSPS) is 30.6. The highest BCUT2D eigenvalue weighted by atomic mass is 14.4. The molecule has 0 unspecified atom stereocenters. The van der Waals surface area contributed by atoms with E-state index in [9.17, 15) is 0 Å². The summed E-state index contributed by atoms with van der Waals surface area (Å²) >= 11 is 0. The summed E-state index contributed by atoms with van der Waals surface area (Å²) in [6, 6.07) is 9.22. The van der Waals surface area contributed by atoms with E-state index < -0.39 is 0 Å². The van der Waals surface area contributed by atoms with Crippen molar-refractivity contribution in [2.24, 2.45) is 29.6 Å². The Morgan fingerprint density at radius 2 is 1.22 bits per heavy atom. The molecule has 0 spiro atoms. The minimum absolute atomic E-state index is 0.755. The molecule has 3 saturated carbocycles. The van der Waals surface area contributed by atoms with Crippen LogP contribution in [0.25, 0.3) is 0 Å². The highest BCUT2D eigenvalue weighted by molar-refractivity contribution is 5.39. The Balaban J connectivity index is 1.14. The van der Waals surface area contributed by atoms with Gasteiger partial charge in [0.2, 0.25) is 0 Å². The lowest BCUT2D eigenvalue weighted by Gasteiger charge is -2.37. The lowest BCUT2D eigenvalue weighted by atomic mass is 9.68. The van der Waals surface area contributed by atoms with Crippen LogP contribution >= 0.6 is 0 Å². The number of hydrogen-bond donors (Lipinski definition) is 0. The van der Waals surface area contributed by atoms with Crippen molar-refractivity contribution in [2.45, 2.75) is 142 Å². The fraction of sp³-hybridized carbons (Fsp3) is 0.730. The van der Waals surface area contributed by atoms with Crippen LogP contribution in [0.5, 0.6) is 0 Å². The first-order chi connectivity index (χ1) is 18.2. The van der Waals surface area contributed by atoms with Crippen LogP contribution in [0.15, 0.2) is 36.4 Å². The molecular formula is C37H56. The van der Waals surface area contributed by atoms with Gasteiger partial charge in [-0.25, -0.2) is 0 Å². The fourth-order valence-electron chi connectivity index (χ4n) is 7.87. The molecule has 0 atom stereocenters. The predicted octanol–water partition coefficient (Wildman–Crippen LogP) is 11.3. The monoisotopic (exact) mass is 500 g/mol. The van der Waals surface area contributed by atoms with Crippen LogP contribution in [0.3, 0.4) is 0 Å². The minimum Gasteiger partial charge on any atom is -0.0730 e. The average Bonchev–Trinajstić information content (AvgIpc) is 2.96. The van der Waals surface area contributed by atoms with Crippen LogP contribution in [0.1, 0.15) is 153 Å². The fourth-order valence-corrected chi connectivity index (χ4v) is 7.87. The van der Waals surface area contributed by atoms with Gasteiger partial charge in [0.25, 0.3) is 0 Å². The van der Waals surface area contributed by atoms with Gasteiger partial charge in [-0.05, 0) is 123 Å². The molecule has 1 aromatic carbocycles. The zero-order chi connectivity index (χ0) is 25.7. The molecule has 3 aliphatic rings. The van der Waals surface area contributed by atoms with Crippen molar-refractivity contribution in [2.75, 3.05) is 0 Å². The molecule has 3 aliphatic carbocycles. The summed E-state index contributed by atoms with van der Waals surface area (Å²) in [6.45, 7) is 4.65. The maximum atomic E-state index is 3.39. The molecule has 0 heterocycles. The molecular weight excluding hydrogens is 444 g/mol. The van der Waals surface area contributed by atoms with Gasteiger partial charge in [-0.15, -0.1) is 0 Å². The lowest BCUT2D eigenvalue weighted by molar-refractivity contribution is 0.152. The molecule has 0 saturated heterocycles. The molecule has 0 nitrogen and oxygen atoms in total. The van der Waals surface area contributed by atoms with E-state index in [1.165, 1.54) is 128 Å². The molecule has 0 aromatic heterocycles. The van der Waals surface area contributed by atoms with Crippen LogP contribution < -0.4 is 0 Å². The van der Waals surface area contributed by atoms with Gasteiger partial charge in [0.1, 0.15) is 0 Å². The summed E-state index contributed by atoms with van der Waals surface area (Å²) in [6.07, 6.45) is 31.9. The van der Waals surface area contributed by atoms with Crippen LogP contribution in [0.4, 0.5) is 0 Å². The second-order valence-corrected chi connectivity index (χ2v) is 13.1. The molecule has 0 radical (unpaired) electrons. The first-order valence-electron chi connectivity index (χ1n) is 16.5. The summed E-state index contributed by atoms with van der Waals surface area (Å²) in [5, 5.41) is 0. The van der Waals surface area contributed by atoms with E-state index in [0.717, 1.165) is 35.5 Å². The molecule has 37 heavy (non-hydrogen) atoms. The van der Waals surface area contributed by atoms with E-state index >= 15 is 0 Å². The molecule has 0 heteroatoms. The summed E-state index contributed by atoms with van der Waals surface area (Å²) < 4.78 is 0. The molecule has 0 amide bonds. The van der Waals surface area contributed by atoms with Crippen LogP contribution in [0, 0.1) is 41.4 Å². The minimum atomic E-state index is 0.755. The van der Waals surface area contributed by atoms with Crippen LogP contribution in [-0.4, -0.2) is 0 Å². The highest BCUT2D eigenvalue weighted by Gasteiger charge is 2.30. The van der Waals surface area contributed by atoms with Gasteiger partial charge in [0.15, 0.2) is 0 Å². The van der Waals surface area contributed by atoms with Crippen LogP contribution in [0.2, 0.25) is 0 Å². The SMILES string of the molecule is CCCCC[C@H]1CC[C@H](c2ccc(C#CC=C[C@H]3CC[C@H]([C@H]4CC[C@H](CCCC)CC4)CC3)cc2)CC1. The quantitative estimate of drug-likeness (QED) is 0.221. The van der Waals surface area contributed by atoms with Gasteiger partial charge in [-0.2, -0.15) is 0 Å². The van der Waals surface area contributed by atoms with Gasteiger partial charge in [0, 0.05) is 5.56 Å². The van der Waals surface area contributed by atoms with Gasteiger partial charge in [-0.3, -0.25) is 0 Å². The molecule has 3 fully saturated rings. The Kier molecular flexibility index (Phi) is 12.2. The third-order valence-corrected chi connectivity index (χ3v) is 10.5. The van der Waals surface area contributed by atoms with Gasteiger partial charge >= 0.3 is 0 Å². The van der Waals surface area contributed by atoms with Gasteiger partial charge < -0.3 is 0 Å². The zero-order valence-electron chi connectivity index (χ0n) is 24.4. The summed E-state index contributed by atoms with van der Waals surface area (Å²) in [7, 11) is 0.